The highest BCUT2D eigenvalue weighted by atomic mass is 32.2. The second-order valence-electron chi connectivity index (χ2n) is 5.15. The smallest absolute Gasteiger partial charge is 0.269 e. The summed E-state index contributed by atoms with van der Waals surface area (Å²) < 4.78 is 23.2. The Kier molecular flexibility index (Phi) is 5.53. The van der Waals surface area contributed by atoms with Crippen molar-refractivity contribution in [3.63, 3.8) is 0 Å². The quantitative estimate of drug-likeness (QED) is 0.571. The molecule has 24 heavy (non-hydrogen) atoms. The average Bonchev–Trinajstić information content (AvgIpc) is 2.53. The fourth-order valence-corrected chi connectivity index (χ4v) is 2.76. The normalized spacial score (nSPS) is 10.8. The Morgan fingerprint density at radius 2 is 1.71 bits per heavy atom. The van der Waals surface area contributed by atoms with Crippen molar-refractivity contribution in [2.75, 3.05) is 11.6 Å². The lowest BCUT2D eigenvalue weighted by Gasteiger charge is -2.13. The highest BCUT2D eigenvalue weighted by Gasteiger charge is 2.14. The highest BCUT2D eigenvalue weighted by Crippen LogP contribution is 2.15. The van der Waals surface area contributed by atoms with E-state index in [0.717, 1.165) is 11.9 Å². The van der Waals surface area contributed by atoms with Gasteiger partial charge in [0.25, 0.3) is 5.91 Å². The van der Waals surface area contributed by atoms with E-state index < -0.39 is 15.7 Å². The number of nitrogens with one attached hydrogen (secondary N) is 3. The zero-order chi connectivity index (χ0) is 17.7. The Bertz CT molecular complexity index is 865. The summed E-state index contributed by atoms with van der Waals surface area (Å²) in [6, 6.07) is 13.6. The van der Waals surface area contributed by atoms with Gasteiger partial charge in [-0.25, -0.2) is 8.42 Å². The number of hydrazine groups is 1. The molecular weight excluding hydrogens is 346 g/mol. The molecule has 8 heteroatoms. The summed E-state index contributed by atoms with van der Waals surface area (Å²) >= 11 is 5.09. The van der Waals surface area contributed by atoms with Gasteiger partial charge in [-0.3, -0.25) is 15.6 Å². The molecule has 126 valence electrons. The Morgan fingerprint density at radius 3 is 2.33 bits per heavy atom. The second-order valence-corrected chi connectivity index (χ2v) is 7.57. The van der Waals surface area contributed by atoms with E-state index in [4.69, 9.17) is 12.2 Å². The first-order valence-electron chi connectivity index (χ1n) is 7.00. The molecule has 0 bridgehead atoms. The molecule has 2 rings (SSSR count). The number of para-hydroxylation sites is 1. The average molecular weight is 363 g/mol. The van der Waals surface area contributed by atoms with Crippen LogP contribution in [0, 0.1) is 6.92 Å². The Labute approximate surface area is 146 Å². The fraction of sp³-hybridized carbons (Fsp3) is 0.125. The van der Waals surface area contributed by atoms with Crippen LogP contribution in [0.3, 0.4) is 0 Å². The van der Waals surface area contributed by atoms with Crippen LogP contribution in [-0.2, 0) is 9.84 Å². The molecule has 0 aliphatic carbocycles. The van der Waals surface area contributed by atoms with Crippen molar-refractivity contribution in [2.24, 2.45) is 0 Å². The molecule has 0 unspecified atom stereocenters. The molecule has 0 aromatic heterocycles. The zero-order valence-electron chi connectivity index (χ0n) is 13.2. The van der Waals surface area contributed by atoms with Crippen molar-refractivity contribution in [3.8, 4) is 0 Å². The molecule has 0 aliphatic heterocycles. The van der Waals surface area contributed by atoms with Crippen LogP contribution in [0.1, 0.15) is 15.9 Å². The molecular formula is C16H17N3O3S2. The maximum absolute atomic E-state index is 12.2. The van der Waals surface area contributed by atoms with Gasteiger partial charge in [0.2, 0.25) is 0 Å². The van der Waals surface area contributed by atoms with E-state index in [1.165, 1.54) is 12.1 Å². The third-order valence-electron chi connectivity index (χ3n) is 3.20. The van der Waals surface area contributed by atoms with Crippen LogP contribution in [0.5, 0.6) is 0 Å². The third-order valence-corrected chi connectivity index (χ3v) is 4.52. The number of hydrogen-bond acceptors (Lipinski definition) is 4. The largest absolute Gasteiger partial charge is 0.331 e. The predicted molar refractivity (Wildman–Crippen MR) is 97.6 cm³/mol. The monoisotopic (exact) mass is 363 g/mol. The van der Waals surface area contributed by atoms with Crippen molar-refractivity contribution in [1.29, 1.82) is 0 Å². The Balaban J connectivity index is 2.03. The summed E-state index contributed by atoms with van der Waals surface area (Å²) in [5, 5.41) is 3.12. The van der Waals surface area contributed by atoms with E-state index in [1.54, 1.807) is 13.0 Å². The first-order valence-corrected chi connectivity index (χ1v) is 9.30. The van der Waals surface area contributed by atoms with E-state index in [9.17, 15) is 13.2 Å². The standard InChI is InChI=1S/C16H17N3O3S2/c1-11-8-9-13(24(2,21)22)10-14(11)15(20)18-19-16(23)17-12-6-4-3-5-7-12/h3-10H,1-2H3,(H,18,20)(H2,17,19,23). The number of aryl methyl sites for hydroxylation is 1. The summed E-state index contributed by atoms with van der Waals surface area (Å²) in [6.07, 6.45) is 1.09. The first kappa shape index (κ1) is 17.9. The van der Waals surface area contributed by atoms with Crippen molar-refractivity contribution in [1.82, 2.24) is 10.9 Å². The number of carbonyl (C=O) groups excluding carboxylic acids is 1. The van der Waals surface area contributed by atoms with E-state index in [-0.39, 0.29) is 15.6 Å². The number of hydrogen-bond donors (Lipinski definition) is 3. The van der Waals surface area contributed by atoms with Gasteiger partial charge in [0, 0.05) is 17.5 Å². The molecule has 2 aromatic carbocycles. The summed E-state index contributed by atoms with van der Waals surface area (Å²) in [6.45, 7) is 1.72. The SMILES string of the molecule is Cc1ccc(S(C)(=O)=O)cc1C(=O)NNC(=S)Nc1ccccc1. The molecule has 2 aromatic rings. The van der Waals surface area contributed by atoms with Crippen LogP contribution >= 0.6 is 12.2 Å². The lowest BCUT2D eigenvalue weighted by Crippen LogP contribution is -2.44. The number of rotatable bonds is 3. The van der Waals surface area contributed by atoms with Crippen LogP contribution in [0.25, 0.3) is 0 Å². The summed E-state index contributed by atoms with van der Waals surface area (Å²) in [4.78, 5) is 12.3. The summed E-state index contributed by atoms with van der Waals surface area (Å²) in [7, 11) is -3.39. The van der Waals surface area contributed by atoms with Gasteiger partial charge in [-0.2, -0.15) is 0 Å². The second kappa shape index (κ2) is 7.41. The summed E-state index contributed by atoms with van der Waals surface area (Å²) in [5.74, 6) is -0.477. The van der Waals surface area contributed by atoms with Gasteiger partial charge >= 0.3 is 0 Å². The van der Waals surface area contributed by atoms with Crippen LogP contribution in [0.4, 0.5) is 5.69 Å². The maximum atomic E-state index is 12.2. The van der Waals surface area contributed by atoms with E-state index >= 15 is 0 Å². The molecule has 1 amide bonds. The number of sulfone groups is 1. The topological polar surface area (TPSA) is 87.3 Å². The molecule has 0 radical (unpaired) electrons. The highest BCUT2D eigenvalue weighted by molar-refractivity contribution is 7.90. The molecule has 0 atom stereocenters. The molecule has 0 aliphatic rings. The number of carbonyl (C=O) groups is 1. The van der Waals surface area contributed by atoms with Gasteiger partial charge in [0.1, 0.15) is 0 Å². The first-order chi connectivity index (χ1) is 11.3. The lowest BCUT2D eigenvalue weighted by atomic mass is 10.1. The van der Waals surface area contributed by atoms with Gasteiger partial charge in [-0.15, -0.1) is 0 Å². The molecule has 0 heterocycles. The minimum Gasteiger partial charge on any atom is -0.331 e. The van der Waals surface area contributed by atoms with Gasteiger partial charge in [-0.1, -0.05) is 24.3 Å². The molecule has 3 N–H and O–H groups in total. The van der Waals surface area contributed by atoms with Crippen molar-refractivity contribution < 1.29 is 13.2 Å². The molecule has 0 saturated heterocycles. The molecule has 0 fully saturated rings. The fourth-order valence-electron chi connectivity index (χ4n) is 1.94. The maximum Gasteiger partial charge on any atom is 0.269 e. The zero-order valence-corrected chi connectivity index (χ0v) is 14.8. The lowest BCUT2D eigenvalue weighted by molar-refractivity contribution is 0.0943. The number of benzene rings is 2. The Hall–Kier alpha value is -2.45. The van der Waals surface area contributed by atoms with Crippen LogP contribution in [0.15, 0.2) is 53.4 Å². The Morgan fingerprint density at radius 1 is 1.04 bits per heavy atom. The van der Waals surface area contributed by atoms with Gasteiger partial charge in [-0.05, 0) is 49.0 Å². The minimum atomic E-state index is -3.39. The van der Waals surface area contributed by atoms with Crippen molar-refractivity contribution >= 4 is 38.8 Å². The number of thiocarbonyl (C=S) groups is 1. The van der Waals surface area contributed by atoms with Crippen LogP contribution in [-0.4, -0.2) is 25.7 Å². The molecule has 0 spiro atoms. The van der Waals surface area contributed by atoms with Crippen LogP contribution < -0.4 is 16.2 Å². The third kappa shape index (κ3) is 4.77. The van der Waals surface area contributed by atoms with E-state index in [0.29, 0.717) is 5.56 Å². The van der Waals surface area contributed by atoms with Gasteiger partial charge < -0.3 is 5.32 Å². The number of anilines is 1. The molecule has 6 nitrogen and oxygen atoms in total. The van der Waals surface area contributed by atoms with Crippen molar-refractivity contribution in [2.45, 2.75) is 11.8 Å². The van der Waals surface area contributed by atoms with Gasteiger partial charge in [0.05, 0.1) is 4.90 Å². The van der Waals surface area contributed by atoms with Crippen LogP contribution in [0.2, 0.25) is 0 Å². The van der Waals surface area contributed by atoms with E-state index in [1.807, 2.05) is 30.3 Å². The summed E-state index contributed by atoms with van der Waals surface area (Å²) in [5.41, 5.74) is 6.73. The molecule has 0 saturated carbocycles. The van der Waals surface area contributed by atoms with E-state index in [2.05, 4.69) is 16.2 Å². The number of amides is 1. The van der Waals surface area contributed by atoms with Gasteiger partial charge in [0.15, 0.2) is 14.9 Å². The minimum absolute atomic E-state index is 0.0863. The predicted octanol–water partition coefficient (Wildman–Crippen LogP) is 2.03. The van der Waals surface area contributed by atoms with Crippen molar-refractivity contribution in [3.05, 3.63) is 59.7 Å².